The fourth-order valence-corrected chi connectivity index (χ4v) is 4.14. The molecule has 0 radical (unpaired) electrons. The van der Waals surface area contributed by atoms with Crippen molar-refractivity contribution < 1.29 is 9.53 Å². The predicted molar refractivity (Wildman–Crippen MR) is 109 cm³/mol. The molecule has 3 aromatic rings. The third-order valence-corrected chi connectivity index (χ3v) is 5.67. The topological polar surface area (TPSA) is 63.1 Å². The van der Waals surface area contributed by atoms with Crippen molar-refractivity contribution >= 4 is 16.8 Å². The van der Waals surface area contributed by atoms with Gasteiger partial charge in [0.15, 0.2) is 0 Å². The minimum Gasteiger partial charge on any atom is -0.374 e. The van der Waals surface area contributed by atoms with Crippen LogP contribution in [0.2, 0.25) is 0 Å². The van der Waals surface area contributed by atoms with Gasteiger partial charge in [0.05, 0.1) is 19.1 Å². The first kappa shape index (κ1) is 18.7. The number of amides is 1. The van der Waals surface area contributed by atoms with E-state index < -0.39 is 0 Å². The Hall–Kier alpha value is -2.60. The fraction of sp³-hybridized carbons (Fsp3) is 0.455. The van der Waals surface area contributed by atoms with Gasteiger partial charge in [-0.25, -0.2) is 0 Å². The third-order valence-electron chi connectivity index (χ3n) is 5.67. The molecule has 1 N–H and O–H groups in total. The van der Waals surface area contributed by atoms with Crippen molar-refractivity contribution in [3.63, 3.8) is 0 Å². The van der Waals surface area contributed by atoms with Gasteiger partial charge in [-0.15, -0.1) is 0 Å². The smallest absolute Gasteiger partial charge is 0.227 e. The summed E-state index contributed by atoms with van der Waals surface area (Å²) < 4.78 is 7.83. The Morgan fingerprint density at radius 2 is 2.11 bits per heavy atom. The summed E-state index contributed by atoms with van der Waals surface area (Å²) in [7, 11) is 0. The SMILES string of the molecule is Cc1[nH]c2c(C)ccc(C)c2c1CC(=O)N1CCCOC(Cn2cccn2)C1. The van der Waals surface area contributed by atoms with E-state index in [1.165, 1.54) is 16.5 Å². The van der Waals surface area contributed by atoms with E-state index >= 15 is 0 Å². The van der Waals surface area contributed by atoms with Crippen LogP contribution in [-0.2, 0) is 22.5 Å². The molecule has 2 aromatic heterocycles. The van der Waals surface area contributed by atoms with Gasteiger partial charge in [0.2, 0.25) is 5.91 Å². The minimum atomic E-state index is -0.0283. The number of carbonyl (C=O) groups is 1. The Morgan fingerprint density at radius 3 is 2.89 bits per heavy atom. The molecule has 28 heavy (non-hydrogen) atoms. The molecule has 0 spiro atoms. The molecule has 4 rings (SSSR count). The summed E-state index contributed by atoms with van der Waals surface area (Å²) in [6.45, 7) is 8.99. The van der Waals surface area contributed by atoms with Crippen LogP contribution in [0, 0.1) is 20.8 Å². The second kappa shape index (κ2) is 7.80. The van der Waals surface area contributed by atoms with Crippen molar-refractivity contribution in [3.8, 4) is 0 Å². The van der Waals surface area contributed by atoms with E-state index in [0.29, 0.717) is 26.1 Å². The maximum atomic E-state index is 13.2. The molecule has 0 aliphatic carbocycles. The van der Waals surface area contributed by atoms with E-state index in [1.54, 1.807) is 6.20 Å². The Balaban J connectivity index is 1.53. The Kier molecular flexibility index (Phi) is 5.22. The molecule has 1 aromatic carbocycles. The molecule has 3 heterocycles. The average Bonchev–Trinajstić information content (AvgIpc) is 3.21. The zero-order valence-electron chi connectivity index (χ0n) is 16.9. The molecule has 1 amide bonds. The van der Waals surface area contributed by atoms with Crippen LogP contribution in [0.4, 0.5) is 0 Å². The van der Waals surface area contributed by atoms with E-state index in [-0.39, 0.29) is 12.0 Å². The molecule has 1 unspecified atom stereocenters. The van der Waals surface area contributed by atoms with Crippen LogP contribution in [0.15, 0.2) is 30.6 Å². The lowest BCUT2D eigenvalue weighted by atomic mass is 10.0. The van der Waals surface area contributed by atoms with Crippen LogP contribution in [0.25, 0.3) is 10.9 Å². The Labute approximate surface area is 165 Å². The first-order valence-corrected chi connectivity index (χ1v) is 9.97. The molecule has 0 bridgehead atoms. The van der Waals surface area contributed by atoms with E-state index in [4.69, 9.17) is 4.74 Å². The highest BCUT2D eigenvalue weighted by molar-refractivity contribution is 5.93. The van der Waals surface area contributed by atoms with Crippen molar-refractivity contribution in [2.75, 3.05) is 19.7 Å². The van der Waals surface area contributed by atoms with Gasteiger partial charge in [0, 0.05) is 48.7 Å². The van der Waals surface area contributed by atoms with Crippen LogP contribution in [-0.4, -0.2) is 51.4 Å². The largest absolute Gasteiger partial charge is 0.374 e. The molecule has 6 nitrogen and oxygen atoms in total. The van der Waals surface area contributed by atoms with Crippen LogP contribution < -0.4 is 0 Å². The summed E-state index contributed by atoms with van der Waals surface area (Å²) in [6, 6.07) is 6.17. The predicted octanol–water partition coefficient (Wildman–Crippen LogP) is 3.15. The van der Waals surface area contributed by atoms with Gasteiger partial charge in [0.25, 0.3) is 0 Å². The van der Waals surface area contributed by atoms with Gasteiger partial charge in [-0.3, -0.25) is 9.48 Å². The standard InChI is InChI=1S/C22H28N4O2/c1-15-6-7-16(2)22-21(15)19(17(3)24-22)12-20(27)25-9-5-11-28-18(13-25)14-26-10-4-8-23-26/h4,6-8,10,18,24H,5,9,11-14H2,1-3H3. The molecular formula is C22H28N4O2. The highest BCUT2D eigenvalue weighted by Gasteiger charge is 2.25. The first-order valence-electron chi connectivity index (χ1n) is 9.97. The lowest BCUT2D eigenvalue weighted by Crippen LogP contribution is -2.39. The van der Waals surface area contributed by atoms with E-state index in [1.807, 2.05) is 21.8 Å². The zero-order chi connectivity index (χ0) is 19.7. The molecule has 6 heteroatoms. The fourth-order valence-electron chi connectivity index (χ4n) is 4.14. The van der Waals surface area contributed by atoms with Gasteiger partial charge in [-0.05, 0) is 49.9 Å². The van der Waals surface area contributed by atoms with Crippen LogP contribution in [0.3, 0.4) is 0 Å². The summed E-state index contributed by atoms with van der Waals surface area (Å²) in [4.78, 5) is 18.6. The number of benzene rings is 1. The van der Waals surface area contributed by atoms with Crippen molar-refractivity contribution in [1.29, 1.82) is 0 Å². The average molecular weight is 380 g/mol. The molecular weight excluding hydrogens is 352 g/mol. The monoisotopic (exact) mass is 380 g/mol. The molecule has 1 aliphatic rings. The number of aromatic nitrogens is 3. The van der Waals surface area contributed by atoms with Crippen LogP contribution in [0.5, 0.6) is 0 Å². The number of hydrogen-bond acceptors (Lipinski definition) is 3. The lowest BCUT2D eigenvalue weighted by molar-refractivity contribution is -0.131. The summed E-state index contributed by atoms with van der Waals surface area (Å²) >= 11 is 0. The van der Waals surface area contributed by atoms with Crippen LogP contribution in [0.1, 0.15) is 28.8 Å². The number of fused-ring (bicyclic) bond motifs is 1. The van der Waals surface area contributed by atoms with Crippen molar-refractivity contribution in [2.24, 2.45) is 0 Å². The number of aryl methyl sites for hydroxylation is 3. The van der Waals surface area contributed by atoms with E-state index in [0.717, 1.165) is 29.7 Å². The quantitative estimate of drug-likeness (QED) is 0.756. The van der Waals surface area contributed by atoms with E-state index in [2.05, 4.69) is 43.0 Å². The Morgan fingerprint density at radius 1 is 1.29 bits per heavy atom. The van der Waals surface area contributed by atoms with Gasteiger partial charge in [0.1, 0.15) is 0 Å². The minimum absolute atomic E-state index is 0.0283. The summed E-state index contributed by atoms with van der Waals surface area (Å²) in [6.07, 6.45) is 4.96. The second-order valence-corrected chi connectivity index (χ2v) is 7.77. The first-order chi connectivity index (χ1) is 13.5. The van der Waals surface area contributed by atoms with Gasteiger partial charge >= 0.3 is 0 Å². The molecule has 1 saturated heterocycles. The van der Waals surface area contributed by atoms with Gasteiger partial charge in [-0.1, -0.05) is 12.1 Å². The lowest BCUT2D eigenvalue weighted by Gasteiger charge is -2.24. The van der Waals surface area contributed by atoms with Gasteiger partial charge < -0.3 is 14.6 Å². The van der Waals surface area contributed by atoms with Crippen molar-refractivity contribution in [2.45, 2.75) is 46.3 Å². The molecule has 148 valence electrons. The summed E-state index contributed by atoms with van der Waals surface area (Å²) in [5, 5.41) is 5.46. The number of carbonyl (C=O) groups excluding carboxylic acids is 1. The highest BCUT2D eigenvalue weighted by Crippen LogP contribution is 2.29. The summed E-state index contributed by atoms with van der Waals surface area (Å²) in [5.74, 6) is 0.167. The highest BCUT2D eigenvalue weighted by atomic mass is 16.5. The summed E-state index contributed by atoms with van der Waals surface area (Å²) in [5.41, 5.74) is 5.78. The zero-order valence-corrected chi connectivity index (χ0v) is 16.9. The number of hydrogen-bond donors (Lipinski definition) is 1. The van der Waals surface area contributed by atoms with Crippen molar-refractivity contribution in [1.82, 2.24) is 19.7 Å². The van der Waals surface area contributed by atoms with Crippen molar-refractivity contribution in [3.05, 3.63) is 53.0 Å². The third kappa shape index (κ3) is 3.69. The molecule has 0 saturated carbocycles. The second-order valence-electron chi connectivity index (χ2n) is 7.77. The van der Waals surface area contributed by atoms with E-state index in [9.17, 15) is 4.79 Å². The number of nitrogens with zero attached hydrogens (tertiary/aromatic N) is 3. The van der Waals surface area contributed by atoms with Gasteiger partial charge in [-0.2, -0.15) is 5.10 Å². The maximum absolute atomic E-state index is 13.2. The molecule has 1 fully saturated rings. The number of H-pyrrole nitrogens is 1. The number of ether oxygens (including phenoxy) is 1. The number of aromatic amines is 1. The molecule has 1 atom stereocenters. The Bertz CT molecular complexity index is 974. The van der Waals surface area contributed by atoms with Crippen LogP contribution >= 0.6 is 0 Å². The molecule has 1 aliphatic heterocycles. The normalized spacial score (nSPS) is 17.8. The number of nitrogens with one attached hydrogen (secondary N) is 1. The number of rotatable bonds is 4. The maximum Gasteiger partial charge on any atom is 0.227 e.